The summed E-state index contributed by atoms with van der Waals surface area (Å²) in [5, 5.41) is 17.9. The van der Waals surface area contributed by atoms with E-state index in [1.807, 2.05) is 12.1 Å². The largest absolute Gasteiger partial charge is 0.359 e. The molecule has 1 aromatic heterocycles. The van der Waals surface area contributed by atoms with Crippen LogP contribution in [0.3, 0.4) is 0 Å². The van der Waals surface area contributed by atoms with Gasteiger partial charge in [0.05, 0.1) is 4.92 Å². The summed E-state index contributed by atoms with van der Waals surface area (Å²) >= 11 is 0. The van der Waals surface area contributed by atoms with Crippen LogP contribution in [0, 0.1) is 10.1 Å². The summed E-state index contributed by atoms with van der Waals surface area (Å²) in [6, 6.07) is 8.21. The molecule has 0 bridgehead atoms. The molecule has 0 aliphatic carbocycles. The lowest BCUT2D eigenvalue weighted by molar-refractivity contribution is -0.384. The molecule has 0 spiro atoms. The smallest absolute Gasteiger partial charge is 0.330 e. The van der Waals surface area contributed by atoms with Gasteiger partial charge in [-0.2, -0.15) is 0 Å². The Labute approximate surface area is 117 Å². The molecule has 1 N–H and O–H groups in total. The third-order valence-electron chi connectivity index (χ3n) is 3.11. The van der Waals surface area contributed by atoms with Crippen molar-refractivity contribution in [3.05, 3.63) is 51.7 Å². The summed E-state index contributed by atoms with van der Waals surface area (Å²) in [5.74, 6) is 0.791. The number of hydrogen-bond acceptors (Lipinski definition) is 4. The standard InChI is InChI=1S/C14H18N4O2/c1-10(2)12-6-4-11(5-7-12)8-15-14-13(18(19)20)9-17(3)16-14/h4-7,9-10H,8H2,1-3H3,(H,15,16). The highest BCUT2D eigenvalue weighted by Gasteiger charge is 2.17. The van der Waals surface area contributed by atoms with Crippen LogP contribution in [0.25, 0.3) is 0 Å². The Morgan fingerprint density at radius 2 is 2.00 bits per heavy atom. The second-order valence-electron chi connectivity index (χ2n) is 5.04. The summed E-state index contributed by atoms with van der Waals surface area (Å²) < 4.78 is 1.43. The van der Waals surface area contributed by atoms with Crippen LogP contribution in [-0.4, -0.2) is 14.7 Å². The Morgan fingerprint density at radius 1 is 1.35 bits per heavy atom. The van der Waals surface area contributed by atoms with Gasteiger partial charge in [-0.15, -0.1) is 5.10 Å². The van der Waals surface area contributed by atoms with Gasteiger partial charge in [-0.1, -0.05) is 38.1 Å². The number of hydrogen-bond donors (Lipinski definition) is 1. The fraction of sp³-hybridized carbons (Fsp3) is 0.357. The second-order valence-corrected chi connectivity index (χ2v) is 5.04. The van der Waals surface area contributed by atoms with E-state index in [4.69, 9.17) is 0 Å². The fourth-order valence-corrected chi connectivity index (χ4v) is 1.94. The van der Waals surface area contributed by atoms with Crippen LogP contribution in [0.4, 0.5) is 11.5 Å². The Kier molecular flexibility index (Phi) is 4.02. The first-order chi connectivity index (χ1) is 9.47. The molecule has 20 heavy (non-hydrogen) atoms. The molecule has 0 atom stereocenters. The van der Waals surface area contributed by atoms with E-state index in [1.165, 1.54) is 16.4 Å². The number of aromatic nitrogens is 2. The maximum atomic E-state index is 10.9. The van der Waals surface area contributed by atoms with Crippen molar-refractivity contribution >= 4 is 11.5 Å². The third-order valence-corrected chi connectivity index (χ3v) is 3.11. The van der Waals surface area contributed by atoms with Crippen LogP contribution in [-0.2, 0) is 13.6 Å². The van der Waals surface area contributed by atoms with Crippen LogP contribution in [0.15, 0.2) is 30.5 Å². The molecule has 0 aliphatic rings. The molecular formula is C14H18N4O2. The number of anilines is 1. The molecule has 2 rings (SSSR count). The lowest BCUT2D eigenvalue weighted by Gasteiger charge is -2.07. The first-order valence-electron chi connectivity index (χ1n) is 6.48. The molecule has 0 amide bonds. The van der Waals surface area contributed by atoms with Gasteiger partial charge in [0.2, 0.25) is 5.82 Å². The quantitative estimate of drug-likeness (QED) is 0.671. The lowest BCUT2D eigenvalue weighted by atomic mass is 10.0. The zero-order chi connectivity index (χ0) is 14.7. The monoisotopic (exact) mass is 274 g/mol. The molecule has 0 radical (unpaired) electrons. The van der Waals surface area contributed by atoms with Gasteiger partial charge in [0.25, 0.3) is 0 Å². The molecular weight excluding hydrogens is 256 g/mol. The van der Waals surface area contributed by atoms with E-state index >= 15 is 0 Å². The normalized spacial score (nSPS) is 10.8. The summed E-state index contributed by atoms with van der Waals surface area (Å²) in [4.78, 5) is 10.4. The number of nitrogens with zero attached hydrogens (tertiary/aromatic N) is 3. The first-order valence-corrected chi connectivity index (χ1v) is 6.48. The number of rotatable bonds is 5. The zero-order valence-corrected chi connectivity index (χ0v) is 11.8. The van der Waals surface area contributed by atoms with Crippen molar-refractivity contribution in [3.63, 3.8) is 0 Å². The van der Waals surface area contributed by atoms with Gasteiger partial charge in [0.1, 0.15) is 6.20 Å². The topological polar surface area (TPSA) is 73.0 Å². The minimum Gasteiger partial charge on any atom is -0.359 e. The van der Waals surface area contributed by atoms with Crippen molar-refractivity contribution in [2.45, 2.75) is 26.3 Å². The Morgan fingerprint density at radius 3 is 2.55 bits per heavy atom. The SMILES string of the molecule is CC(C)c1ccc(CNc2nn(C)cc2[N+](=O)[O-])cc1. The van der Waals surface area contributed by atoms with Gasteiger partial charge in [-0.05, 0) is 17.0 Å². The van der Waals surface area contributed by atoms with E-state index in [0.29, 0.717) is 18.3 Å². The first kappa shape index (κ1) is 14.0. The average Bonchev–Trinajstić information content (AvgIpc) is 2.78. The van der Waals surface area contributed by atoms with Crippen molar-refractivity contribution in [2.75, 3.05) is 5.32 Å². The van der Waals surface area contributed by atoms with Crippen LogP contribution in [0.5, 0.6) is 0 Å². The van der Waals surface area contributed by atoms with Crippen molar-refractivity contribution in [2.24, 2.45) is 7.05 Å². The van der Waals surface area contributed by atoms with E-state index < -0.39 is 4.92 Å². The molecule has 1 heterocycles. The maximum absolute atomic E-state index is 10.9. The number of benzene rings is 1. The number of nitro groups is 1. The molecule has 6 nitrogen and oxygen atoms in total. The molecule has 106 valence electrons. The summed E-state index contributed by atoms with van der Waals surface area (Å²) in [7, 11) is 1.66. The average molecular weight is 274 g/mol. The highest BCUT2D eigenvalue weighted by atomic mass is 16.6. The molecule has 0 fully saturated rings. The van der Waals surface area contributed by atoms with E-state index in [0.717, 1.165) is 5.56 Å². The third kappa shape index (κ3) is 3.14. The van der Waals surface area contributed by atoms with Crippen LogP contribution in [0.1, 0.15) is 30.9 Å². The Bertz CT molecular complexity index is 602. The van der Waals surface area contributed by atoms with Gasteiger partial charge >= 0.3 is 5.69 Å². The van der Waals surface area contributed by atoms with Crippen LogP contribution >= 0.6 is 0 Å². The van der Waals surface area contributed by atoms with E-state index in [1.54, 1.807) is 7.05 Å². The van der Waals surface area contributed by atoms with E-state index in [-0.39, 0.29) is 5.69 Å². The highest BCUT2D eigenvalue weighted by molar-refractivity contribution is 5.54. The number of aryl methyl sites for hydroxylation is 1. The van der Waals surface area contributed by atoms with Gasteiger partial charge in [0, 0.05) is 13.6 Å². The van der Waals surface area contributed by atoms with Crippen molar-refractivity contribution in [3.8, 4) is 0 Å². The molecule has 0 aliphatic heterocycles. The van der Waals surface area contributed by atoms with Gasteiger partial charge < -0.3 is 5.32 Å². The molecule has 1 aromatic carbocycles. The second kappa shape index (κ2) is 5.73. The van der Waals surface area contributed by atoms with Crippen molar-refractivity contribution < 1.29 is 4.92 Å². The fourth-order valence-electron chi connectivity index (χ4n) is 1.94. The molecule has 0 unspecified atom stereocenters. The van der Waals surface area contributed by atoms with Gasteiger partial charge in [0.15, 0.2) is 0 Å². The predicted octanol–water partition coefficient (Wildman–Crippen LogP) is 3.06. The molecule has 6 heteroatoms. The van der Waals surface area contributed by atoms with E-state index in [2.05, 4.69) is 36.4 Å². The van der Waals surface area contributed by atoms with Gasteiger partial charge in [-0.3, -0.25) is 14.8 Å². The highest BCUT2D eigenvalue weighted by Crippen LogP contribution is 2.22. The Balaban J connectivity index is 2.07. The van der Waals surface area contributed by atoms with Crippen LogP contribution in [0.2, 0.25) is 0 Å². The predicted molar refractivity (Wildman–Crippen MR) is 77.7 cm³/mol. The summed E-state index contributed by atoms with van der Waals surface area (Å²) in [6.45, 7) is 4.80. The maximum Gasteiger partial charge on any atom is 0.330 e. The minimum atomic E-state index is -0.433. The molecule has 0 saturated carbocycles. The Hall–Kier alpha value is -2.37. The zero-order valence-electron chi connectivity index (χ0n) is 11.8. The summed E-state index contributed by atoms with van der Waals surface area (Å²) in [6.07, 6.45) is 1.39. The summed E-state index contributed by atoms with van der Waals surface area (Å²) in [5.41, 5.74) is 2.33. The molecule has 2 aromatic rings. The van der Waals surface area contributed by atoms with Crippen molar-refractivity contribution in [1.82, 2.24) is 9.78 Å². The lowest BCUT2D eigenvalue weighted by Crippen LogP contribution is -2.03. The van der Waals surface area contributed by atoms with Gasteiger partial charge in [-0.25, -0.2) is 0 Å². The molecule has 0 saturated heterocycles. The number of nitrogens with one attached hydrogen (secondary N) is 1. The minimum absolute atomic E-state index is 0.00806. The van der Waals surface area contributed by atoms with Crippen LogP contribution < -0.4 is 5.32 Å². The van der Waals surface area contributed by atoms with E-state index in [9.17, 15) is 10.1 Å². The van der Waals surface area contributed by atoms with Crippen molar-refractivity contribution in [1.29, 1.82) is 0 Å².